The van der Waals surface area contributed by atoms with Gasteiger partial charge in [-0.3, -0.25) is 14.5 Å². The Morgan fingerprint density at radius 1 is 1.35 bits per heavy atom. The third-order valence-electron chi connectivity index (χ3n) is 3.64. The molecule has 7 nitrogen and oxygen atoms in total. The van der Waals surface area contributed by atoms with Gasteiger partial charge >= 0.3 is 0 Å². The Labute approximate surface area is 135 Å². The quantitative estimate of drug-likeness (QED) is 0.467. The van der Waals surface area contributed by atoms with Crippen molar-refractivity contribution < 1.29 is 0 Å². The number of nitrogens with one attached hydrogen (secondary N) is 2. The Morgan fingerprint density at radius 3 is 2.83 bits per heavy atom. The van der Waals surface area contributed by atoms with Crippen LogP contribution in [0, 0.1) is 20.8 Å². The minimum Gasteiger partial charge on any atom is -0.291 e. The second kappa shape index (κ2) is 7.71. The van der Waals surface area contributed by atoms with Crippen molar-refractivity contribution in [2.45, 2.75) is 53.5 Å². The summed E-state index contributed by atoms with van der Waals surface area (Å²) in [5.74, 6) is 0.330. The molecule has 2 N–H and O–H groups in total. The lowest BCUT2D eigenvalue weighted by atomic mass is 10.2. The van der Waals surface area contributed by atoms with Crippen LogP contribution in [0.3, 0.4) is 0 Å². The molecule has 0 aromatic carbocycles. The van der Waals surface area contributed by atoms with Gasteiger partial charge in [0.05, 0.1) is 11.9 Å². The van der Waals surface area contributed by atoms with Gasteiger partial charge in [0.15, 0.2) is 0 Å². The Kier molecular flexibility index (Phi) is 5.67. The number of hydrogen-bond acceptors (Lipinski definition) is 5. The molecule has 0 fully saturated rings. The highest BCUT2D eigenvalue weighted by Gasteiger charge is 2.09. The van der Waals surface area contributed by atoms with Crippen molar-refractivity contribution in [1.82, 2.24) is 19.7 Å². The standard InChI is InChI=1S/C16H24N6O/c1-5-6-7-8-22-13(4)14(12(3)21-22)10-17-20-16-18-11(2)9-15(23)19-16/h9-10H,5-8H2,1-4H3,(H2,18,19,20,23)/b17-10+. The second-order valence-electron chi connectivity index (χ2n) is 5.62. The molecule has 0 amide bonds. The minimum atomic E-state index is -0.202. The van der Waals surface area contributed by atoms with Gasteiger partial charge in [-0.2, -0.15) is 10.2 Å². The van der Waals surface area contributed by atoms with Crippen molar-refractivity contribution >= 4 is 12.2 Å². The first kappa shape index (κ1) is 16.9. The molecule has 7 heteroatoms. The van der Waals surface area contributed by atoms with E-state index in [4.69, 9.17) is 0 Å². The number of anilines is 1. The average molecular weight is 316 g/mol. The SMILES string of the molecule is CCCCCn1nc(C)c(/C=N/Nc2nc(C)cc(=O)[nH]2)c1C. The van der Waals surface area contributed by atoms with Crippen LogP contribution in [0.1, 0.15) is 48.8 Å². The molecular formula is C16H24N6O. The van der Waals surface area contributed by atoms with E-state index in [1.807, 2.05) is 18.5 Å². The van der Waals surface area contributed by atoms with Crippen LogP contribution in [0.5, 0.6) is 0 Å². The zero-order valence-corrected chi connectivity index (χ0v) is 14.2. The minimum absolute atomic E-state index is 0.202. The largest absolute Gasteiger partial charge is 0.291 e. The van der Waals surface area contributed by atoms with E-state index in [0.29, 0.717) is 11.6 Å². The summed E-state index contributed by atoms with van der Waals surface area (Å²) in [5, 5.41) is 8.72. The molecular weight excluding hydrogens is 292 g/mol. The van der Waals surface area contributed by atoms with E-state index in [-0.39, 0.29) is 5.56 Å². The van der Waals surface area contributed by atoms with E-state index in [9.17, 15) is 4.79 Å². The fourth-order valence-corrected chi connectivity index (χ4v) is 2.42. The van der Waals surface area contributed by atoms with Gasteiger partial charge in [0.25, 0.3) is 5.56 Å². The molecule has 0 aliphatic heterocycles. The van der Waals surface area contributed by atoms with Crippen LogP contribution >= 0.6 is 0 Å². The predicted molar refractivity (Wildman–Crippen MR) is 92.0 cm³/mol. The summed E-state index contributed by atoms with van der Waals surface area (Å²) in [7, 11) is 0. The molecule has 0 saturated carbocycles. The number of rotatable bonds is 7. The molecule has 0 spiro atoms. The number of hydrazone groups is 1. The van der Waals surface area contributed by atoms with E-state index in [0.717, 1.165) is 29.9 Å². The van der Waals surface area contributed by atoms with Crippen molar-refractivity contribution in [1.29, 1.82) is 0 Å². The number of H-pyrrole nitrogens is 1. The molecule has 2 rings (SSSR count). The van der Waals surface area contributed by atoms with Crippen molar-refractivity contribution in [3.05, 3.63) is 39.1 Å². The van der Waals surface area contributed by atoms with Gasteiger partial charge in [-0.1, -0.05) is 19.8 Å². The Balaban J connectivity index is 2.08. The summed E-state index contributed by atoms with van der Waals surface area (Å²) < 4.78 is 2.03. The number of aromatic nitrogens is 4. The Bertz CT molecular complexity index is 744. The fraction of sp³-hybridized carbons (Fsp3) is 0.500. The molecule has 0 radical (unpaired) electrons. The van der Waals surface area contributed by atoms with Crippen molar-refractivity contribution in [2.75, 3.05) is 5.43 Å². The highest BCUT2D eigenvalue weighted by molar-refractivity contribution is 5.82. The third kappa shape index (κ3) is 4.51. The zero-order valence-electron chi connectivity index (χ0n) is 14.2. The van der Waals surface area contributed by atoms with Gasteiger partial charge in [0.2, 0.25) is 5.95 Å². The number of aryl methyl sites for hydroxylation is 3. The maximum atomic E-state index is 11.4. The van der Waals surface area contributed by atoms with Crippen molar-refractivity contribution in [3.8, 4) is 0 Å². The normalized spacial score (nSPS) is 11.3. The van der Waals surface area contributed by atoms with E-state index in [2.05, 4.69) is 32.5 Å². The van der Waals surface area contributed by atoms with E-state index in [1.165, 1.54) is 18.9 Å². The van der Waals surface area contributed by atoms with Crippen LogP contribution in [0.2, 0.25) is 0 Å². The molecule has 0 bridgehead atoms. The van der Waals surface area contributed by atoms with Crippen LogP contribution in [-0.2, 0) is 6.54 Å². The second-order valence-corrected chi connectivity index (χ2v) is 5.62. The van der Waals surface area contributed by atoms with Gasteiger partial charge in [0.1, 0.15) is 0 Å². The number of nitrogens with zero attached hydrogens (tertiary/aromatic N) is 4. The highest BCUT2D eigenvalue weighted by atomic mass is 16.1. The van der Waals surface area contributed by atoms with E-state index in [1.54, 1.807) is 13.1 Å². The first-order chi connectivity index (χ1) is 11.0. The molecule has 2 aromatic rings. The third-order valence-corrected chi connectivity index (χ3v) is 3.64. The summed E-state index contributed by atoms with van der Waals surface area (Å²) in [6.45, 7) is 8.89. The van der Waals surface area contributed by atoms with Crippen LogP contribution in [0.4, 0.5) is 5.95 Å². The number of unbranched alkanes of at least 4 members (excludes halogenated alkanes) is 2. The van der Waals surface area contributed by atoms with Gasteiger partial charge in [-0.15, -0.1) is 0 Å². The monoisotopic (exact) mass is 316 g/mol. The lowest BCUT2D eigenvalue weighted by Gasteiger charge is -2.03. The Hall–Kier alpha value is -2.44. The molecule has 0 saturated heterocycles. The summed E-state index contributed by atoms with van der Waals surface area (Å²) in [6.07, 6.45) is 5.24. The van der Waals surface area contributed by atoms with Crippen molar-refractivity contribution in [2.24, 2.45) is 5.10 Å². The van der Waals surface area contributed by atoms with Gasteiger partial charge in [-0.25, -0.2) is 10.4 Å². The first-order valence-corrected chi connectivity index (χ1v) is 7.92. The summed E-state index contributed by atoms with van der Waals surface area (Å²) in [5.41, 5.74) is 6.22. The Morgan fingerprint density at radius 2 is 2.13 bits per heavy atom. The molecule has 124 valence electrons. The smallest absolute Gasteiger partial charge is 0.252 e. The number of hydrogen-bond donors (Lipinski definition) is 2. The molecule has 23 heavy (non-hydrogen) atoms. The molecule has 0 unspecified atom stereocenters. The van der Waals surface area contributed by atoms with Gasteiger partial charge < -0.3 is 0 Å². The topological polar surface area (TPSA) is 88.0 Å². The van der Waals surface area contributed by atoms with Crippen LogP contribution < -0.4 is 11.0 Å². The van der Waals surface area contributed by atoms with Gasteiger partial charge in [-0.05, 0) is 27.2 Å². The maximum absolute atomic E-state index is 11.4. The maximum Gasteiger partial charge on any atom is 0.252 e. The zero-order chi connectivity index (χ0) is 16.8. The molecule has 0 aliphatic rings. The molecule has 0 aliphatic carbocycles. The van der Waals surface area contributed by atoms with E-state index < -0.39 is 0 Å². The fourth-order valence-electron chi connectivity index (χ4n) is 2.42. The predicted octanol–water partition coefficient (Wildman–Crippen LogP) is 2.53. The van der Waals surface area contributed by atoms with Crippen LogP contribution in [-0.4, -0.2) is 26.0 Å². The van der Waals surface area contributed by atoms with Crippen LogP contribution in [0.25, 0.3) is 0 Å². The average Bonchev–Trinajstić information content (AvgIpc) is 2.74. The molecule has 2 aromatic heterocycles. The lowest BCUT2D eigenvalue weighted by Crippen LogP contribution is -2.10. The molecule has 2 heterocycles. The summed E-state index contributed by atoms with van der Waals surface area (Å²) >= 11 is 0. The highest BCUT2D eigenvalue weighted by Crippen LogP contribution is 2.12. The van der Waals surface area contributed by atoms with Crippen molar-refractivity contribution in [3.63, 3.8) is 0 Å². The van der Waals surface area contributed by atoms with Gasteiger partial charge in [0, 0.05) is 29.6 Å². The van der Waals surface area contributed by atoms with E-state index >= 15 is 0 Å². The lowest BCUT2D eigenvalue weighted by molar-refractivity contribution is 0.540. The first-order valence-electron chi connectivity index (χ1n) is 7.92. The molecule has 0 atom stereocenters. The summed E-state index contributed by atoms with van der Waals surface area (Å²) in [4.78, 5) is 18.1. The summed E-state index contributed by atoms with van der Waals surface area (Å²) in [6, 6.07) is 1.43. The van der Waals surface area contributed by atoms with Crippen LogP contribution in [0.15, 0.2) is 16.0 Å². The number of aromatic amines is 1.